The van der Waals surface area contributed by atoms with Gasteiger partial charge in [-0.1, -0.05) is 58.4 Å². The predicted octanol–water partition coefficient (Wildman–Crippen LogP) is 3.31. The maximum absolute atomic E-state index is 12.8. The molecule has 0 aliphatic carbocycles. The smallest absolute Gasteiger partial charge is 0.272 e. The molecule has 0 unspecified atom stereocenters. The van der Waals surface area contributed by atoms with E-state index in [0.717, 1.165) is 15.6 Å². The van der Waals surface area contributed by atoms with E-state index in [1.807, 2.05) is 0 Å². The molecule has 2 aromatic carbocycles. The molecule has 0 aliphatic heterocycles. The van der Waals surface area contributed by atoms with Gasteiger partial charge in [0.2, 0.25) is 21.2 Å². The summed E-state index contributed by atoms with van der Waals surface area (Å²) in [7, 11) is -2.66. The number of nitrogens with one attached hydrogen (secondary N) is 1. The Hall–Kier alpha value is -3.19. The largest absolute Gasteiger partial charge is 0.338 e. The summed E-state index contributed by atoms with van der Waals surface area (Å²) in [5.74, 6) is -0.0941. The summed E-state index contributed by atoms with van der Waals surface area (Å²) in [6.07, 6.45) is 0. The van der Waals surface area contributed by atoms with Crippen LogP contribution < -0.4 is 5.32 Å². The van der Waals surface area contributed by atoms with E-state index < -0.39 is 15.9 Å². The van der Waals surface area contributed by atoms with Crippen LogP contribution in [0.5, 0.6) is 0 Å². The van der Waals surface area contributed by atoms with E-state index in [2.05, 4.69) is 25.7 Å². The van der Waals surface area contributed by atoms with Crippen molar-refractivity contribution < 1.29 is 17.7 Å². The molecule has 0 bridgehead atoms. The molecule has 0 fully saturated rings. The molecule has 0 aliphatic rings. The van der Waals surface area contributed by atoms with Gasteiger partial charge >= 0.3 is 0 Å². The molecule has 0 spiro atoms. The number of nitrogens with zero attached hydrogens (tertiary/aromatic N) is 5. The fourth-order valence-corrected chi connectivity index (χ4v) is 5.03. The first-order valence-electron chi connectivity index (χ1n) is 9.08. The van der Waals surface area contributed by atoms with Crippen LogP contribution in [0.1, 0.15) is 16.2 Å². The molecule has 0 saturated heterocycles. The topological polar surface area (TPSA) is 131 Å². The average Bonchev–Trinajstić information content (AvgIpc) is 3.45. The zero-order valence-electron chi connectivity index (χ0n) is 16.5. The lowest BCUT2D eigenvalue weighted by atomic mass is 10.2. The van der Waals surface area contributed by atoms with Crippen LogP contribution in [-0.4, -0.2) is 46.0 Å². The van der Waals surface area contributed by atoms with E-state index >= 15 is 0 Å². The minimum absolute atomic E-state index is 0.0598. The van der Waals surface area contributed by atoms with Crippen molar-refractivity contribution in [1.82, 2.24) is 24.6 Å². The highest BCUT2D eigenvalue weighted by molar-refractivity contribution is 7.91. The minimum atomic E-state index is -4.01. The molecule has 4 aromatic rings. The quantitative estimate of drug-likeness (QED) is 0.390. The normalized spacial score (nSPS) is 11.6. The number of sulfonamides is 1. The van der Waals surface area contributed by atoms with Gasteiger partial charge in [0.15, 0.2) is 0 Å². The molecule has 2 aromatic heterocycles. The van der Waals surface area contributed by atoms with E-state index in [-0.39, 0.29) is 27.7 Å². The standard InChI is InChI=1S/C19H15ClN6O4S2/c1-26(11-15-21-16(25-30-15)13-9-5-6-10-14(13)20)32(28,29)19-24-23-18(31-19)22-17(27)12-7-3-2-4-8-12/h2-10H,11H2,1H3,(H,22,23,27). The number of halogens is 1. The van der Waals surface area contributed by atoms with Crippen molar-refractivity contribution >= 4 is 44.0 Å². The number of aromatic nitrogens is 4. The van der Waals surface area contributed by atoms with Crippen LogP contribution >= 0.6 is 22.9 Å². The van der Waals surface area contributed by atoms with Crippen LogP contribution in [0.15, 0.2) is 63.5 Å². The van der Waals surface area contributed by atoms with Gasteiger partial charge in [0.05, 0.1) is 11.6 Å². The number of carbonyl (C=O) groups excluding carboxylic acids is 1. The number of rotatable bonds is 7. The predicted molar refractivity (Wildman–Crippen MR) is 118 cm³/mol. The molecule has 164 valence electrons. The molecular weight excluding hydrogens is 476 g/mol. The SMILES string of the molecule is CN(Cc1nc(-c2ccccc2Cl)no1)S(=O)(=O)c1nnc(NC(=O)c2ccccc2)s1. The number of benzene rings is 2. The number of hydrogen-bond acceptors (Lipinski definition) is 9. The average molecular weight is 491 g/mol. The molecule has 1 N–H and O–H groups in total. The third kappa shape index (κ3) is 4.67. The van der Waals surface area contributed by atoms with Crippen LogP contribution in [0.4, 0.5) is 5.13 Å². The van der Waals surface area contributed by atoms with Crippen LogP contribution in [0.3, 0.4) is 0 Å². The van der Waals surface area contributed by atoms with E-state index in [4.69, 9.17) is 16.1 Å². The Balaban J connectivity index is 1.46. The third-order valence-corrected chi connectivity index (χ3v) is 7.55. The summed E-state index contributed by atoms with van der Waals surface area (Å²) in [4.78, 5) is 16.4. The molecule has 13 heteroatoms. The summed E-state index contributed by atoms with van der Waals surface area (Å²) in [5, 5.41) is 14.4. The molecule has 0 atom stereocenters. The molecule has 4 rings (SSSR count). The summed E-state index contributed by atoms with van der Waals surface area (Å²) in [6.45, 7) is -0.189. The highest BCUT2D eigenvalue weighted by Crippen LogP contribution is 2.26. The first-order valence-corrected chi connectivity index (χ1v) is 11.7. The van der Waals surface area contributed by atoms with Crippen LogP contribution in [-0.2, 0) is 16.6 Å². The van der Waals surface area contributed by atoms with Crippen molar-refractivity contribution in [3.05, 3.63) is 71.1 Å². The Morgan fingerprint density at radius 1 is 1.12 bits per heavy atom. The van der Waals surface area contributed by atoms with Crippen molar-refractivity contribution in [2.45, 2.75) is 10.9 Å². The van der Waals surface area contributed by atoms with Gasteiger partial charge in [-0.05, 0) is 24.3 Å². The highest BCUT2D eigenvalue weighted by atomic mass is 35.5. The molecule has 32 heavy (non-hydrogen) atoms. The Morgan fingerprint density at radius 2 is 1.84 bits per heavy atom. The zero-order valence-corrected chi connectivity index (χ0v) is 18.9. The summed E-state index contributed by atoms with van der Waals surface area (Å²) in [5.41, 5.74) is 0.979. The molecule has 0 saturated carbocycles. The van der Waals surface area contributed by atoms with Crippen LogP contribution in [0, 0.1) is 0 Å². The minimum Gasteiger partial charge on any atom is -0.338 e. The first kappa shape index (κ1) is 22.0. The fourth-order valence-electron chi connectivity index (χ4n) is 2.60. The summed E-state index contributed by atoms with van der Waals surface area (Å²) >= 11 is 6.87. The van der Waals surface area contributed by atoms with Gasteiger partial charge < -0.3 is 4.52 Å². The van der Waals surface area contributed by atoms with Gasteiger partial charge in [-0.15, -0.1) is 10.2 Å². The number of amides is 1. The van der Waals surface area contributed by atoms with Gasteiger partial charge in [0.1, 0.15) is 0 Å². The summed E-state index contributed by atoms with van der Waals surface area (Å²) < 4.78 is 31.6. The monoisotopic (exact) mass is 490 g/mol. The van der Waals surface area contributed by atoms with E-state index in [0.29, 0.717) is 16.1 Å². The second kappa shape index (κ2) is 9.12. The highest BCUT2D eigenvalue weighted by Gasteiger charge is 2.28. The van der Waals surface area contributed by atoms with Crippen molar-refractivity contribution in [2.24, 2.45) is 0 Å². The van der Waals surface area contributed by atoms with Crippen molar-refractivity contribution in [2.75, 3.05) is 12.4 Å². The second-order valence-corrected chi connectivity index (χ2v) is 10.0. The molecule has 10 nitrogen and oxygen atoms in total. The Labute approximate surface area is 191 Å². The fraction of sp³-hybridized carbons (Fsp3) is 0.105. The Kier molecular flexibility index (Phi) is 6.28. The molecule has 1 amide bonds. The van der Waals surface area contributed by atoms with Gasteiger partial charge in [-0.2, -0.15) is 9.29 Å². The third-order valence-electron chi connectivity index (χ3n) is 4.23. The van der Waals surface area contributed by atoms with Crippen LogP contribution in [0.25, 0.3) is 11.4 Å². The summed E-state index contributed by atoms with van der Waals surface area (Å²) in [6, 6.07) is 15.4. The lowest BCUT2D eigenvalue weighted by Crippen LogP contribution is -2.26. The van der Waals surface area contributed by atoms with E-state index in [9.17, 15) is 13.2 Å². The maximum atomic E-state index is 12.8. The number of anilines is 1. The van der Waals surface area contributed by atoms with E-state index in [1.165, 1.54) is 7.05 Å². The van der Waals surface area contributed by atoms with Crippen molar-refractivity contribution in [1.29, 1.82) is 0 Å². The Bertz CT molecular complexity index is 1360. The molecule has 2 heterocycles. The van der Waals surface area contributed by atoms with Crippen molar-refractivity contribution in [3.63, 3.8) is 0 Å². The number of carbonyl (C=O) groups is 1. The van der Waals surface area contributed by atoms with Gasteiger partial charge in [-0.3, -0.25) is 10.1 Å². The lowest BCUT2D eigenvalue weighted by molar-refractivity contribution is 0.102. The number of hydrogen-bond donors (Lipinski definition) is 1. The zero-order chi connectivity index (χ0) is 22.7. The lowest BCUT2D eigenvalue weighted by Gasteiger charge is -2.11. The van der Waals surface area contributed by atoms with E-state index in [1.54, 1.807) is 54.6 Å². The van der Waals surface area contributed by atoms with Gasteiger partial charge in [0, 0.05) is 18.2 Å². The second-order valence-electron chi connectivity index (χ2n) is 6.45. The maximum Gasteiger partial charge on any atom is 0.272 e. The molecule has 0 radical (unpaired) electrons. The van der Waals surface area contributed by atoms with Gasteiger partial charge in [-0.25, -0.2) is 8.42 Å². The van der Waals surface area contributed by atoms with Crippen LogP contribution in [0.2, 0.25) is 5.02 Å². The van der Waals surface area contributed by atoms with Crippen molar-refractivity contribution in [3.8, 4) is 11.4 Å². The Morgan fingerprint density at radius 3 is 2.59 bits per heavy atom. The molecular formula is C19H15ClN6O4S2. The first-order chi connectivity index (χ1) is 15.3. The van der Waals surface area contributed by atoms with Gasteiger partial charge in [0.25, 0.3) is 15.9 Å².